The second kappa shape index (κ2) is 18.3. The highest BCUT2D eigenvalue weighted by Gasteiger charge is 2.56. The smallest absolute Gasteiger partial charge is 0.282 e. The Morgan fingerprint density at radius 2 is 1.17 bits per heavy atom. The fraction of sp³-hybridized carbons (Fsp3) is 0.596. The number of nitrogens with zero attached hydrogens (tertiary/aromatic N) is 9. The Kier molecular flexibility index (Phi) is 13.4. The second-order valence-corrected chi connectivity index (χ2v) is 20.3. The average molecular weight is 895 g/mol. The molecule has 0 bridgehead atoms. The number of hydrogen-bond donors (Lipinski definition) is 2. The zero-order chi connectivity index (χ0) is 48.2. The lowest BCUT2D eigenvalue weighted by Crippen LogP contribution is -2.52. The van der Waals surface area contributed by atoms with Crippen LogP contribution in [0, 0.1) is 84.3 Å². The maximum Gasteiger partial charge on any atom is 0.282 e. The molecule has 10 atom stereocenters. The van der Waals surface area contributed by atoms with Gasteiger partial charge in [0.25, 0.3) is 6.04 Å². The van der Waals surface area contributed by atoms with Crippen molar-refractivity contribution >= 4 is 11.6 Å². The van der Waals surface area contributed by atoms with Crippen molar-refractivity contribution in [3.8, 4) is 0 Å². The van der Waals surface area contributed by atoms with E-state index >= 15 is 0 Å². The molecule has 4 aromatic heterocycles. The van der Waals surface area contributed by atoms with Gasteiger partial charge in [0.1, 0.15) is 23.2 Å². The van der Waals surface area contributed by atoms with Gasteiger partial charge in [-0.2, -0.15) is 0 Å². The Morgan fingerprint density at radius 1 is 0.697 bits per heavy atom. The second-order valence-electron chi connectivity index (χ2n) is 20.3. The van der Waals surface area contributed by atoms with Crippen LogP contribution in [0.5, 0.6) is 0 Å². The van der Waals surface area contributed by atoms with E-state index in [0.717, 1.165) is 90.2 Å². The van der Waals surface area contributed by atoms with Crippen molar-refractivity contribution in [2.45, 2.75) is 163 Å². The molecule has 0 spiro atoms. The van der Waals surface area contributed by atoms with Gasteiger partial charge in [0.15, 0.2) is 5.78 Å². The molecule has 0 aromatic carbocycles. The molecular formula is C52H66N10O4. The number of hydroxylamine groups is 1. The third kappa shape index (κ3) is 8.08. The first kappa shape index (κ1) is 48.4. The molecule has 0 saturated heterocycles. The van der Waals surface area contributed by atoms with Gasteiger partial charge in [0.2, 0.25) is 11.5 Å². The van der Waals surface area contributed by atoms with Gasteiger partial charge in [0.05, 0.1) is 29.9 Å². The molecule has 10 rings (SSSR count). The van der Waals surface area contributed by atoms with E-state index < -0.39 is 6.04 Å². The Labute approximate surface area is 390 Å². The van der Waals surface area contributed by atoms with E-state index in [1.807, 2.05) is 60.7 Å². The Morgan fingerprint density at radius 3 is 1.68 bits per heavy atom. The third-order valence-electron chi connectivity index (χ3n) is 16.3. The predicted molar refractivity (Wildman–Crippen MR) is 250 cm³/mol. The van der Waals surface area contributed by atoms with Crippen LogP contribution >= 0.6 is 0 Å². The van der Waals surface area contributed by atoms with Gasteiger partial charge in [-0.25, -0.2) is 46.8 Å². The molecule has 0 amide bonds. The average Bonchev–Trinajstić information content (AvgIpc) is 3.73. The van der Waals surface area contributed by atoms with E-state index in [1.165, 1.54) is 41.4 Å². The quantitative estimate of drug-likeness (QED) is 0.127. The van der Waals surface area contributed by atoms with Crippen LogP contribution in [-0.2, 0) is 51.5 Å². The maximum absolute atomic E-state index is 12.4. The summed E-state index contributed by atoms with van der Waals surface area (Å²) in [4.78, 5) is 59.5. The van der Waals surface area contributed by atoms with E-state index in [9.17, 15) is 9.59 Å². The number of fused-ring (bicyclic) bond motifs is 10. The van der Waals surface area contributed by atoms with Gasteiger partial charge in [0, 0.05) is 70.1 Å². The number of ketones is 2. The van der Waals surface area contributed by atoms with Crippen molar-refractivity contribution in [3.05, 3.63) is 120 Å². The van der Waals surface area contributed by atoms with Crippen LogP contribution in [0.1, 0.15) is 153 Å². The fourth-order valence-corrected chi connectivity index (χ4v) is 13.2. The first-order valence-corrected chi connectivity index (χ1v) is 23.5. The molecule has 1 saturated carbocycles. The molecule has 2 N–H and O–H groups in total. The van der Waals surface area contributed by atoms with Gasteiger partial charge < -0.3 is 19.4 Å². The van der Waals surface area contributed by atoms with Crippen molar-refractivity contribution in [1.82, 2.24) is 40.5 Å². The largest absolute Gasteiger partial charge is 0.361 e. The zero-order valence-corrected chi connectivity index (χ0v) is 41.0. The topological polar surface area (TPSA) is 178 Å². The first-order valence-electron chi connectivity index (χ1n) is 23.5. The van der Waals surface area contributed by atoms with Crippen LogP contribution < -0.4 is 5.48 Å². The van der Waals surface area contributed by atoms with E-state index in [-0.39, 0.29) is 51.3 Å². The molecule has 1 fully saturated rings. The highest BCUT2D eigenvalue weighted by Crippen LogP contribution is 2.54. The molecule has 4 aromatic rings. The Hall–Kier alpha value is -5.57. The summed E-state index contributed by atoms with van der Waals surface area (Å²) in [5.74, 6) is 4.95. The number of aryl methyl sites for hydroxylation is 6. The summed E-state index contributed by atoms with van der Waals surface area (Å²) < 4.78 is 5.51. The summed E-state index contributed by atoms with van der Waals surface area (Å²) in [6.45, 7) is 39.5. The van der Waals surface area contributed by atoms with Gasteiger partial charge in [-0.05, 0) is 121 Å². The number of rotatable bonds is 0. The molecule has 0 radical (unpaired) electrons. The molecular weight excluding hydrogens is 829 g/mol. The third-order valence-corrected chi connectivity index (χ3v) is 16.3. The summed E-state index contributed by atoms with van der Waals surface area (Å²) >= 11 is 0. The molecule has 6 aliphatic rings. The summed E-state index contributed by atoms with van der Waals surface area (Å²) in [6.07, 6.45) is 11.4. The number of allylic oxidation sites excluding steroid dienone is 2. The minimum absolute atomic E-state index is 0.0153. The van der Waals surface area contributed by atoms with E-state index in [4.69, 9.17) is 32.8 Å². The Balaban J connectivity index is 0.000000143. The summed E-state index contributed by atoms with van der Waals surface area (Å²) in [7, 11) is 1.43. The minimum Gasteiger partial charge on any atom is -0.361 e. The normalized spacial score (nSPS) is 30.9. The lowest BCUT2D eigenvalue weighted by atomic mass is 9.55. The summed E-state index contributed by atoms with van der Waals surface area (Å²) in [5, 5.41) is 11.3. The van der Waals surface area contributed by atoms with Crippen molar-refractivity contribution in [2.24, 2.45) is 29.6 Å². The van der Waals surface area contributed by atoms with Crippen LogP contribution in [0.2, 0.25) is 0 Å². The van der Waals surface area contributed by atoms with Gasteiger partial charge >= 0.3 is 0 Å². The molecule has 0 aliphatic heterocycles. The molecule has 14 nitrogen and oxygen atoms in total. The molecule has 14 heteroatoms. The fourth-order valence-electron chi connectivity index (χ4n) is 13.2. The molecule has 1 unspecified atom stereocenters. The van der Waals surface area contributed by atoms with E-state index in [1.54, 1.807) is 5.48 Å². The van der Waals surface area contributed by atoms with Crippen LogP contribution in [0.15, 0.2) is 22.5 Å². The lowest BCUT2D eigenvalue weighted by molar-refractivity contribution is -0.129. The van der Waals surface area contributed by atoms with Gasteiger partial charge in [-0.3, -0.25) is 4.79 Å². The molecule has 348 valence electrons. The van der Waals surface area contributed by atoms with Crippen LogP contribution in [-0.4, -0.2) is 64.9 Å². The van der Waals surface area contributed by atoms with Crippen LogP contribution in [0.4, 0.5) is 0 Å². The van der Waals surface area contributed by atoms with Crippen molar-refractivity contribution in [3.63, 3.8) is 0 Å². The molecule has 4 heterocycles. The summed E-state index contributed by atoms with van der Waals surface area (Å²) in [5.41, 5.74) is 13.3. The number of hydrogen-bond acceptors (Lipinski definition) is 12. The number of aromatic nitrogens is 7. The highest BCUT2D eigenvalue weighted by atomic mass is 16.5. The summed E-state index contributed by atoms with van der Waals surface area (Å²) in [6, 6.07) is -0.511. The number of carbonyl (C=O) groups is 2. The van der Waals surface area contributed by atoms with Crippen molar-refractivity contribution in [2.75, 3.05) is 7.05 Å². The van der Waals surface area contributed by atoms with Crippen LogP contribution in [0.25, 0.3) is 9.69 Å². The standard InChI is InChI=1S/2C17H21N3O.C17H19N3O.CH5NO/c1-9-14-6-5-13-10(2)19-11(3)20-16(13)17(14,4)7-12-8-18-21-15(9)12;2*1-9-13-7-6-12-10(2)19-11(3)20-16(12)17(13,4)8-14(18-5)15(9)21;1-2-3/h8-9,14H,5-7H2,1-4H3;9,13-14H,6-8H2,1-4H3;8-9,13H,6-7H2,1-4H3;2-3H,1H3/t9-,14-,17-;9-,13-,14?,17-;9-,13-,17-;/m000./s1. The first-order chi connectivity index (χ1) is 31.2. The SMILES string of the molecule is CNO.Cc1nc(C)c2c(n1)[C@@]1(C)Cc3cnoc3[C@@H](C)[C@@H]1CC2.[C-]#[N+]C1=C[C@]2(C)c3nc(C)nc(C)c3CC[C@H]2[C@H](C)C1=O.[C-]#[N+]C1C[C@]2(C)c3nc(C)nc(C)c3CC[C@H]2[C@H](C)C1=O. The lowest BCUT2D eigenvalue weighted by Gasteiger charge is -2.47. The number of nitrogens with one attached hydrogen (secondary N) is 1. The molecule has 66 heavy (non-hydrogen) atoms. The number of Topliss-reactive ketones (excluding diaryl/α,β-unsaturated/α-hetero) is 2. The monoisotopic (exact) mass is 895 g/mol. The number of carbonyl (C=O) groups excluding carboxylic acids is 2. The predicted octanol–water partition coefficient (Wildman–Crippen LogP) is 8.60. The molecule has 6 aliphatic carbocycles. The van der Waals surface area contributed by atoms with Crippen LogP contribution in [0.3, 0.4) is 0 Å². The van der Waals surface area contributed by atoms with Crippen molar-refractivity contribution in [1.29, 1.82) is 0 Å². The minimum atomic E-state index is -0.511. The van der Waals surface area contributed by atoms with Crippen molar-refractivity contribution < 1.29 is 19.3 Å². The zero-order valence-electron chi connectivity index (χ0n) is 41.0. The Bertz CT molecular complexity index is 2690. The van der Waals surface area contributed by atoms with E-state index in [2.05, 4.69) is 69.4 Å². The maximum atomic E-state index is 12.4. The van der Waals surface area contributed by atoms with Gasteiger partial charge in [-0.15, -0.1) is 0 Å². The highest BCUT2D eigenvalue weighted by molar-refractivity contribution is 6.00. The van der Waals surface area contributed by atoms with E-state index in [0.29, 0.717) is 24.2 Å². The van der Waals surface area contributed by atoms with Gasteiger partial charge in [-0.1, -0.05) is 52.8 Å².